The maximum Gasteiger partial charge on any atom is 0.238 e. The van der Waals surface area contributed by atoms with Crippen molar-refractivity contribution in [3.8, 4) is 33.5 Å². The third-order valence-electron chi connectivity index (χ3n) is 6.01. The molecule has 1 aliphatic heterocycles. The molecule has 0 aliphatic carbocycles. The van der Waals surface area contributed by atoms with Crippen LogP contribution < -0.4 is 4.74 Å². The number of nitrogens with zero attached hydrogens (tertiary/aromatic N) is 7. The molecule has 0 spiro atoms. The molecule has 1 atom stereocenters. The van der Waals surface area contributed by atoms with Gasteiger partial charge in [0.2, 0.25) is 5.88 Å². The maximum atomic E-state index is 5.58. The van der Waals surface area contributed by atoms with Crippen LogP contribution in [0.1, 0.15) is 35.3 Å². The van der Waals surface area contributed by atoms with Gasteiger partial charge in [-0.25, -0.2) is 24.6 Å². The molecule has 0 N–H and O–H groups in total. The van der Waals surface area contributed by atoms with Crippen LogP contribution in [0.5, 0.6) is 5.88 Å². The lowest BCUT2D eigenvalue weighted by Gasteiger charge is -2.19. The maximum absolute atomic E-state index is 5.58. The minimum absolute atomic E-state index is 0.132. The zero-order chi connectivity index (χ0) is 23.1. The molecule has 1 aliphatic rings. The van der Waals surface area contributed by atoms with Crippen molar-refractivity contribution in [1.82, 2.24) is 34.3 Å². The average molecular weight is 470 g/mol. The number of aromatic nitrogens is 7. The highest BCUT2D eigenvalue weighted by Crippen LogP contribution is 2.38. The smallest absolute Gasteiger partial charge is 0.238 e. The molecule has 0 amide bonds. The minimum atomic E-state index is 0.132. The summed E-state index contributed by atoms with van der Waals surface area (Å²) >= 11 is 1.73. The third kappa shape index (κ3) is 3.67. The van der Waals surface area contributed by atoms with E-state index in [1.54, 1.807) is 24.8 Å². The van der Waals surface area contributed by atoms with Crippen LogP contribution in [0.25, 0.3) is 27.6 Å². The van der Waals surface area contributed by atoms with E-state index in [1.165, 1.54) is 10.4 Å². The zero-order valence-electron chi connectivity index (χ0n) is 18.9. The van der Waals surface area contributed by atoms with Crippen LogP contribution >= 0.6 is 11.3 Å². The van der Waals surface area contributed by atoms with Gasteiger partial charge in [0.05, 0.1) is 29.9 Å². The molecule has 4 aromatic heterocycles. The summed E-state index contributed by atoms with van der Waals surface area (Å²) in [5.41, 5.74) is 3.62. The van der Waals surface area contributed by atoms with E-state index in [-0.39, 0.29) is 5.92 Å². The van der Waals surface area contributed by atoms with Gasteiger partial charge in [0, 0.05) is 18.9 Å². The van der Waals surface area contributed by atoms with Gasteiger partial charge in [0.15, 0.2) is 5.82 Å². The number of thiazole rings is 1. The molecular weight excluding hydrogens is 446 g/mol. The molecule has 0 saturated heterocycles. The quantitative estimate of drug-likeness (QED) is 0.364. The van der Waals surface area contributed by atoms with Gasteiger partial charge in [-0.3, -0.25) is 0 Å². The lowest BCUT2D eigenvalue weighted by atomic mass is 10.00. The van der Waals surface area contributed by atoms with E-state index in [0.717, 1.165) is 41.6 Å². The van der Waals surface area contributed by atoms with Gasteiger partial charge in [-0.2, -0.15) is 0 Å². The number of hydrogen-bond acceptors (Lipinski definition) is 7. The Labute approximate surface area is 201 Å². The standard InChI is InChI=1S/C25H23N7OS/c1-16-14-31(15-27-16)20-11-10-19(28-24(20)33-2)22-29-23-18(9-6-12-32(23)30-22)25-26-13-21(34-25)17-7-4-3-5-8-17/h3-5,7-8,10-11,13-15,18H,6,9,12H2,1-2H3. The van der Waals surface area contributed by atoms with Crippen molar-refractivity contribution in [3.63, 3.8) is 0 Å². The molecule has 6 rings (SSSR count). The monoisotopic (exact) mass is 469 g/mol. The number of aryl methyl sites for hydroxylation is 2. The summed E-state index contributed by atoms with van der Waals surface area (Å²) in [5.74, 6) is 2.19. The number of fused-ring (bicyclic) bond motifs is 1. The van der Waals surface area contributed by atoms with Gasteiger partial charge in [-0.15, -0.1) is 16.4 Å². The summed E-state index contributed by atoms with van der Waals surface area (Å²) in [4.78, 5) is 19.9. The highest BCUT2D eigenvalue weighted by molar-refractivity contribution is 7.15. The summed E-state index contributed by atoms with van der Waals surface area (Å²) < 4.78 is 9.49. The van der Waals surface area contributed by atoms with E-state index >= 15 is 0 Å². The average Bonchev–Trinajstić information content (AvgIpc) is 3.63. The van der Waals surface area contributed by atoms with Gasteiger partial charge in [-0.1, -0.05) is 30.3 Å². The van der Waals surface area contributed by atoms with Crippen molar-refractivity contribution in [2.75, 3.05) is 7.11 Å². The Kier molecular flexibility index (Phi) is 5.18. The number of pyridine rings is 1. The van der Waals surface area contributed by atoms with Crippen LogP contribution in [0.2, 0.25) is 0 Å². The molecule has 5 heterocycles. The van der Waals surface area contributed by atoms with Crippen LogP contribution in [-0.4, -0.2) is 41.4 Å². The molecule has 8 nitrogen and oxygen atoms in total. The second-order valence-corrected chi connectivity index (χ2v) is 9.35. The summed E-state index contributed by atoms with van der Waals surface area (Å²) in [5, 5.41) is 5.87. The molecule has 0 radical (unpaired) electrons. The van der Waals surface area contributed by atoms with Gasteiger partial charge < -0.3 is 9.30 Å². The molecule has 5 aromatic rings. The fraction of sp³-hybridized carbons (Fsp3) is 0.240. The minimum Gasteiger partial charge on any atom is -0.479 e. The van der Waals surface area contributed by atoms with Gasteiger partial charge >= 0.3 is 0 Å². The van der Waals surface area contributed by atoms with Crippen molar-refractivity contribution in [2.45, 2.75) is 32.2 Å². The highest BCUT2D eigenvalue weighted by Gasteiger charge is 2.29. The van der Waals surface area contributed by atoms with Crippen LogP contribution in [0, 0.1) is 6.92 Å². The fourth-order valence-corrected chi connectivity index (χ4v) is 5.39. The topological polar surface area (TPSA) is 83.5 Å². The van der Waals surface area contributed by atoms with Gasteiger partial charge in [0.1, 0.15) is 22.2 Å². The normalized spacial score (nSPS) is 15.3. The van der Waals surface area contributed by atoms with Crippen molar-refractivity contribution >= 4 is 11.3 Å². The molecule has 0 fully saturated rings. The number of methoxy groups -OCH3 is 1. The molecule has 1 unspecified atom stereocenters. The van der Waals surface area contributed by atoms with E-state index in [9.17, 15) is 0 Å². The number of imidazole rings is 1. The van der Waals surface area contributed by atoms with Crippen LogP contribution in [0.4, 0.5) is 0 Å². The van der Waals surface area contributed by atoms with Crippen molar-refractivity contribution in [2.24, 2.45) is 0 Å². The molecule has 1 aromatic carbocycles. The zero-order valence-corrected chi connectivity index (χ0v) is 19.7. The van der Waals surface area contributed by atoms with E-state index in [2.05, 4.69) is 29.2 Å². The van der Waals surface area contributed by atoms with Crippen LogP contribution in [0.15, 0.2) is 61.2 Å². The first-order valence-corrected chi connectivity index (χ1v) is 12.0. The Morgan fingerprint density at radius 2 is 1.94 bits per heavy atom. The Balaban J connectivity index is 1.34. The second kappa shape index (κ2) is 8.49. The number of benzene rings is 1. The van der Waals surface area contributed by atoms with E-state index in [0.29, 0.717) is 17.4 Å². The highest BCUT2D eigenvalue weighted by atomic mass is 32.1. The summed E-state index contributed by atoms with van der Waals surface area (Å²) in [6, 6.07) is 14.3. The molecule has 34 heavy (non-hydrogen) atoms. The second-order valence-electron chi connectivity index (χ2n) is 8.29. The SMILES string of the molecule is COc1nc(-c2nc3n(n2)CCCC3c2ncc(-c3ccccc3)s2)ccc1-n1cnc(C)c1. The summed E-state index contributed by atoms with van der Waals surface area (Å²) in [6.45, 7) is 2.80. The molecule has 9 heteroatoms. The Morgan fingerprint density at radius 1 is 1.06 bits per heavy atom. The first kappa shape index (κ1) is 20.7. The molecular formula is C25H23N7OS. The van der Waals surface area contributed by atoms with Crippen LogP contribution in [0.3, 0.4) is 0 Å². The lowest BCUT2D eigenvalue weighted by molar-refractivity contribution is 0.396. The van der Waals surface area contributed by atoms with E-state index < -0.39 is 0 Å². The Hall–Kier alpha value is -3.85. The van der Waals surface area contributed by atoms with E-state index in [4.69, 9.17) is 24.8 Å². The number of ether oxygens (including phenoxy) is 1. The predicted octanol–water partition coefficient (Wildman–Crippen LogP) is 4.89. The summed E-state index contributed by atoms with van der Waals surface area (Å²) in [6.07, 6.45) is 7.71. The summed E-state index contributed by atoms with van der Waals surface area (Å²) in [7, 11) is 1.62. The Bertz CT molecular complexity index is 1450. The molecule has 170 valence electrons. The lowest BCUT2D eigenvalue weighted by Crippen LogP contribution is -2.17. The predicted molar refractivity (Wildman–Crippen MR) is 130 cm³/mol. The molecule has 0 bridgehead atoms. The van der Waals surface area contributed by atoms with Gasteiger partial charge in [-0.05, 0) is 37.5 Å². The number of rotatable bonds is 5. The number of hydrogen-bond donors (Lipinski definition) is 0. The third-order valence-corrected chi connectivity index (χ3v) is 7.17. The Morgan fingerprint density at radius 3 is 2.74 bits per heavy atom. The van der Waals surface area contributed by atoms with E-state index in [1.807, 2.05) is 46.8 Å². The van der Waals surface area contributed by atoms with Crippen molar-refractivity contribution < 1.29 is 4.74 Å². The molecule has 0 saturated carbocycles. The fourth-order valence-electron chi connectivity index (χ4n) is 4.34. The van der Waals surface area contributed by atoms with Crippen LogP contribution in [-0.2, 0) is 6.54 Å². The van der Waals surface area contributed by atoms with Crippen molar-refractivity contribution in [3.05, 3.63) is 77.7 Å². The largest absolute Gasteiger partial charge is 0.479 e. The van der Waals surface area contributed by atoms with Crippen molar-refractivity contribution in [1.29, 1.82) is 0 Å². The first-order valence-electron chi connectivity index (χ1n) is 11.2. The first-order chi connectivity index (χ1) is 16.7. The van der Waals surface area contributed by atoms with Gasteiger partial charge in [0.25, 0.3) is 0 Å².